The van der Waals surface area contributed by atoms with E-state index in [0.717, 1.165) is 49.7 Å². The third-order valence-corrected chi connectivity index (χ3v) is 6.71. The second kappa shape index (κ2) is 11.1. The number of benzene rings is 2. The van der Waals surface area contributed by atoms with E-state index < -0.39 is 0 Å². The molecule has 0 unspecified atom stereocenters. The van der Waals surface area contributed by atoms with E-state index in [-0.39, 0.29) is 0 Å². The van der Waals surface area contributed by atoms with Gasteiger partial charge in [0.15, 0.2) is 5.58 Å². The first kappa shape index (κ1) is 23.0. The summed E-state index contributed by atoms with van der Waals surface area (Å²) in [6.07, 6.45) is 5.63. The van der Waals surface area contributed by atoms with Crippen LogP contribution in [-0.4, -0.2) is 55.9 Å². The van der Waals surface area contributed by atoms with E-state index in [9.17, 15) is 0 Å². The molecule has 32 heavy (non-hydrogen) atoms. The Balaban J connectivity index is 1.36. The van der Waals surface area contributed by atoms with E-state index >= 15 is 0 Å². The van der Waals surface area contributed by atoms with E-state index in [1.165, 1.54) is 54.4 Å². The van der Waals surface area contributed by atoms with Gasteiger partial charge in [-0.2, -0.15) is 0 Å². The summed E-state index contributed by atoms with van der Waals surface area (Å²) >= 11 is 0. The van der Waals surface area contributed by atoms with Gasteiger partial charge in [0, 0.05) is 31.1 Å². The van der Waals surface area contributed by atoms with E-state index in [1.807, 2.05) is 0 Å². The third-order valence-electron chi connectivity index (χ3n) is 6.71. The normalized spacial score (nSPS) is 15.8. The fourth-order valence-electron chi connectivity index (χ4n) is 4.88. The predicted octanol–water partition coefficient (Wildman–Crippen LogP) is 4.92. The first-order valence-corrected chi connectivity index (χ1v) is 11.9. The summed E-state index contributed by atoms with van der Waals surface area (Å²) in [6, 6.07) is 15.3. The maximum absolute atomic E-state index is 5.90. The van der Waals surface area contributed by atoms with Crippen LogP contribution >= 0.6 is 0 Å². The van der Waals surface area contributed by atoms with Crippen LogP contribution < -0.4 is 0 Å². The van der Waals surface area contributed by atoms with Crippen molar-refractivity contribution in [2.45, 2.75) is 45.2 Å². The highest BCUT2D eigenvalue weighted by molar-refractivity contribution is 5.83. The standard InChI is InChI=1S/C27H37N3O2/c1-29(2)20-25-23(15-18-31-3)10-11-24-26(28-32-27(24)25)12-9-21-13-16-30(17-14-21)19-22-7-5-4-6-8-22/h4-8,10-11,21H,9,12-20H2,1-3H3. The molecule has 0 radical (unpaired) electrons. The fourth-order valence-corrected chi connectivity index (χ4v) is 4.88. The highest BCUT2D eigenvalue weighted by Crippen LogP contribution is 2.30. The molecule has 1 aromatic heterocycles. The van der Waals surface area contributed by atoms with Gasteiger partial charge in [0.05, 0.1) is 12.3 Å². The molecule has 2 heterocycles. The van der Waals surface area contributed by atoms with Crippen molar-refractivity contribution in [3.05, 3.63) is 64.8 Å². The quantitative estimate of drug-likeness (QED) is 0.452. The van der Waals surface area contributed by atoms with Crippen LogP contribution in [0, 0.1) is 5.92 Å². The SMILES string of the molecule is COCCc1ccc2c(CCC3CCN(Cc4ccccc4)CC3)noc2c1CN(C)C. The van der Waals surface area contributed by atoms with E-state index in [4.69, 9.17) is 9.26 Å². The molecule has 2 aromatic carbocycles. The highest BCUT2D eigenvalue weighted by atomic mass is 16.5. The van der Waals surface area contributed by atoms with Crippen LogP contribution in [0.3, 0.4) is 0 Å². The minimum atomic E-state index is 0.718. The van der Waals surface area contributed by atoms with Gasteiger partial charge in [-0.15, -0.1) is 0 Å². The Hall–Kier alpha value is -2.21. The number of aryl methyl sites for hydroxylation is 1. The number of fused-ring (bicyclic) bond motifs is 1. The average Bonchev–Trinajstić information content (AvgIpc) is 3.22. The molecule has 5 nitrogen and oxygen atoms in total. The van der Waals surface area contributed by atoms with Crippen molar-refractivity contribution in [2.24, 2.45) is 5.92 Å². The van der Waals surface area contributed by atoms with Gasteiger partial charge in [0.2, 0.25) is 0 Å². The topological polar surface area (TPSA) is 41.7 Å². The van der Waals surface area contributed by atoms with Gasteiger partial charge < -0.3 is 14.2 Å². The van der Waals surface area contributed by atoms with Crippen molar-refractivity contribution >= 4 is 11.0 Å². The van der Waals surface area contributed by atoms with Gasteiger partial charge in [0.25, 0.3) is 0 Å². The highest BCUT2D eigenvalue weighted by Gasteiger charge is 2.21. The summed E-state index contributed by atoms with van der Waals surface area (Å²) in [5.74, 6) is 0.774. The Morgan fingerprint density at radius 1 is 1.06 bits per heavy atom. The average molecular weight is 436 g/mol. The molecular weight excluding hydrogens is 398 g/mol. The zero-order valence-corrected chi connectivity index (χ0v) is 19.8. The molecule has 1 saturated heterocycles. The van der Waals surface area contributed by atoms with Gasteiger partial charge in [-0.3, -0.25) is 4.90 Å². The summed E-state index contributed by atoms with van der Waals surface area (Å²) in [5.41, 5.74) is 6.03. The van der Waals surface area contributed by atoms with Crippen LogP contribution in [0.4, 0.5) is 0 Å². The van der Waals surface area contributed by atoms with Crippen LogP contribution in [0.5, 0.6) is 0 Å². The largest absolute Gasteiger partial charge is 0.384 e. The lowest BCUT2D eigenvalue weighted by Crippen LogP contribution is -2.33. The Bertz CT molecular complexity index is 975. The molecule has 5 heteroatoms. The fraction of sp³-hybridized carbons (Fsp3) is 0.519. The van der Waals surface area contributed by atoms with Gasteiger partial charge in [0.1, 0.15) is 0 Å². The maximum Gasteiger partial charge on any atom is 0.171 e. The lowest BCUT2D eigenvalue weighted by molar-refractivity contribution is 0.172. The number of hydrogen-bond acceptors (Lipinski definition) is 5. The summed E-state index contributed by atoms with van der Waals surface area (Å²) in [5, 5.41) is 5.69. The molecule has 1 aliphatic rings. The Kier molecular flexibility index (Phi) is 7.95. The molecule has 0 aliphatic carbocycles. The third kappa shape index (κ3) is 5.77. The van der Waals surface area contributed by atoms with Gasteiger partial charge >= 0.3 is 0 Å². The summed E-state index contributed by atoms with van der Waals surface area (Å²) in [6.45, 7) is 5.02. The number of aromatic nitrogens is 1. The predicted molar refractivity (Wildman–Crippen MR) is 130 cm³/mol. The van der Waals surface area contributed by atoms with Crippen molar-refractivity contribution in [3.63, 3.8) is 0 Å². The molecule has 3 aromatic rings. The lowest BCUT2D eigenvalue weighted by Gasteiger charge is -2.32. The smallest absolute Gasteiger partial charge is 0.171 e. The molecule has 1 fully saturated rings. The first-order valence-electron chi connectivity index (χ1n) is 11.9. The van der Waals surface area contributed by atoms with Gasteiger partial charge in [-0.05, 0) is 82.4 Å². The first-order chi connectivity index (χ1) is 15.6. The number of likely N-dealkylation sites (tertiary alicyclic amines) is 1. The number of hydrogen-bond donors (Lipinski definition) is 0. The van der Waals surface area contributed by atoms with Crippen molar-refractivity contribution in [1.29, 1.82) is 0 Å². The molecule has 0 bridgehead atoms. The van der Waals surface area contributed by atoms with Gasteiger partial charge in [-0.25, -0.2) is 0 Å². The molecule has 0 atom stereocenters. The second-order valence-corrected chi connectivity index (χ2v) is 9.43. The molecule has 0 N–H and O–H groups in total. The van der Waals surface area contributed by atoms with Crippen LogP contribution in [-0.2, 0) is 30.7 Å². The Labute approximate surface area is 192 Å². The number of nitrogens with zero attached hydrogens (tertiary/aromatic N) is 3. The Morgan fingerprint density at radius 2 is 1.84 bits per heavy atom. The van der Waals surface area contributed by atoms with Gasteiger partial charge in [-0.1, -0.05) is 41.6 Å². The molecule has 4 rings (SSSR count). The number of ether oxygens (including phenoxy) is 1. The molecule has 172 valence electrons. The van der Waals surface area contributed by atoms with Crippen LogP contribution in [0.25, 0.3) is 11.0 Å². The number of piperidine rings is 1. The zero-order valence-electron chi connectivity index (χ0n) is 19.8. The van der Waals surface area contributed by atoms with E-state index in [0.29, 0.717) is 0 Å². The molecule has 0 amide bonds. The molecule has 0 spiro atoms. The lowest BCUT2D eigenvalue weighted by atomic mass is 9.90. The number of methoxy groups -OCH3 is 1. The summed E-state index contributed by atoms with van der Waals surface area (Å²) in [7, 11) is 5.95. The minimum Gasteiger partial charge on any atom is -0.384 e. The minimum absolute atomic E-state index is 0.718. The van der Waals surface area contributed by atoms with Crippen molar-refractivity contribution in [2.75, 3.05) is 40.9 Å². The Morgan fingerprint density at radius 3 is 2.56 bits per heavy atom. The van der Waals surface area contributed by atoms with Crippen molar-refractivity contribution < 1.29 is 9.26 Å². The van der Waals surface area contributed by atoms with E-state index in [2.05, 4.69) is 71.5 Å². The van der Waals surface area contributed by atoms with Crippen LogP contribution in [0.2, 0.25) is 0 Å². The number of rotatable bonds is 10. The molecule has 0 saturated carbocycles. The monoisotopic (exact) mass is 435 g/mol. The molecular formula is C27H37N3O2. The summed E-state index contributed by atoms with van der Waals surface area (Å²) in [4.78, 5) is 4.78. The van der Waals surface area contributed by atoms with Crippen molar-refractivity contribution in [1.82, 2.24) is 15.0 Å². The second-order valence-electron chi connectivity index (χ2n) is 9.43. The molecule has 1 aliphatic heterocycles. The van der Waals surface area contributed by atoms with Crippen molar-refractivity contribution in [3.8, 4) is 0 Å². The maximum atomic E-state index is 5.90. The van der Waals surface area contributed by atoms with Crippen LogP contribution in [0.1, 0.15) is 41.6 Å². The zero-order chi connectivity index (χ0) is 22.3. The summed E-state index contributed by atoms with van der Waals surface area (Å²) < 4.78 is 11.2. The van der Waals surface area contributed by atoms with Crippen LogP contribution in [0.15, 0.2) is 47.0 Å². The van der Waals surface area contributed by atoms with E-state index in [1.54, 1.807) is 7.11 Å².